The van der Waals surface area contributed by atoms with E-state index in [1.54, 1.807) is 19.3 Å². The molecule has 10 nitrogen and oxygen atoms in total. The van der Waals surface area contributed by atoms with Crippen molar-refractivity contribution in [2.24, 2.45) is 11.8 Å². The molecule has 11 heteroatoms. The molecular weight excluding hydrogens is 453 g/mol. The molecule has 1 aliphatic carbocycles. The number of aromatic nitrogens is 4. The molecule has 2 aliphatic rings. The van der Waals surface area contributed by atoms with Gasteiger partial charge in [-0.25, -0.2) is 9.97 Å². The van der Waals surface area contributed by atoms with Crippen LogP contribution >= 0.6 is 0 Å². The minimum absolute atomic E-state index is 0.207. The number of carbonyl (C=O) groups is 1. The third kappa shape index (κ3) is 4.01. The van der Waals surface area contributed by atoms with Gasteiger partial charge >= 0.3 is 0 Å². The van der Waals surface area contributed by atoms with Crippen LogP contribution in [0.2, 0.25) is 0 Å². The highest BCUT2D eigenvalue weighted by atomic mass is 19.1. The van der Waals surface area contributed by atoms with Crippen LogP contribution in [0, 0.1) is 11.8 Å². The van der Waals surface area contributed by atoms with Crippen molar-refractivity contribution in [3.63, 3.8) is 0 Å². The summed E-state index contributed by atoms with van der Waals surface area (Å²) in [4.78, 5) is 23.9. The Kier molecular flexibility index (Phi) is 5.40. The molecule has 180 valence electrons. The summed E-state index contributed by atoms with van der Waals surface area (Å²) in [6.45, 7) is 2.57. The van der Waals surface area contributed by atoms with Crippen molar-refractivity contribution < 1.29 is 18.3 Å². The predicted molar refractivity (Wildman–Crippen MR) is 129 cm³/mol. The first-order chi connectivity index (χ1) is 17.1. The largest absolute Gasteiger partial charge is 0.436 e. The fraction of sp³-hybridized carbons (Fsp3) is 0.375. The topological polar surface area (TPSA) is 118 Å². The number of nitrogens with zero attached hydrogens (tertiary/aromatic N) is 5. The number of hydrogen-bond donors (Lipinski definition) is 2. The van der Waals surface area contributed by atoms with Gasteiger partial charge in [-0.15, -0.1) is 10.2 Å². The summed E-state index contributed by atoms with van der Waals surface area (Å²) in [5.74, 6) is 0.445. The molecule has 1 aliphatic heterocycles. The van der Waals surface area contributed by atoms with E-state index in [1.165, 1.54) is 0 Å². The van der Waals surface area contributed by atoms with E-state index < -0.39 is 6.67 Å². The van der Waals surface area contributed by atoms with E-state index >= 15 is 0 Å². The van der Waals surface area contributed by atoms with Gasteiger partial charge in [0.25, 0.3) is 0 Å². The standard InChI is InChI=1S/C24H24FN7O3/c1-26-22-21-16(10-20(30-31-21)29-23(33)15-8-13(15)11-25)17(12-27-22)24-28-18-9-14(2-3-19(18)35-24)32-4-6-34-7-5-32/h2-3,9-10,12-13,15H,4-8,11H2,1H3,(H,26,27)(H,29,30,33)/t13-,15-/m1/s1. The van der Waals surface area contributed by atoms with Crippen LogP contribution in [0.25, 0.3) is 33.5 Å². The van der Waals surface area contributed by atoms with Crippen molar-refractivity contribution in [2.75, 3.05) is 55.6 Å². The summed E-state index contributed by atoms with van der Waals surface area (Å²) < 4.78 is 24.4. The summed E-state index contributed by atoms with van der Waals surface area (Å²) in [5.41, 5.74) is 3.60. The Hall–Kier alpha value is -3.86. The van der Waals surface area contributed by atoms with Crippen LogP contribution in [0.15, 0.2) is 34.9 Å². The predicted octanol–water partition coefficient (Wildman–Crippen LogP) is 3.26. The molecule has 4 heterocycles. The lowest BCUT2D eigenvalue weighted by Crippen LogP contribution is -2.36. The zero-order chi connectivity index (χ0) is 23.9. The number of anilines is 3. The smallest absolute Gasteiger partial charge is 0.229 e. The number of nitrogens with one attached hydrogen (secondary N) is 2. The Balaban J connectivity index is 1.37. The van der Waals surface area contributed by atoms with Gasteiger partial charge in [-0.3, -0.25) is 9.18 Å². The van der Waals surface area contributed by atoms with Gasteiger partial charge in [0, 0.05) is 43.3 Å². The molecule has 35 heavy (non-hydrogen) atoms. The summed E-state index contributed by atoms with van der Waals surface area (Å²) in [7, 11) is 1.75. The molecule has 1 saturated heterocycles. The monoisotopic (exact) mass is 477 g/mol. The van der Waals surface area contributed by atoms with E-state index in [2.05, 4.69) is 30.7 Å². The van der Waals surface area contributed by atoms with Gasteiger partial charge in [-0.1, -0.05) is 0 Å². The molecule has 1 aromatic carbocycles. The maximum Gasteiger partial charge on any atom is 0.229 e. The van der Waals surface area contributed by atoms with E-state index in [4.69, 9.17) is 14.1 Å². The Morgan fingerprint density at radius 1 is 1.23 bits per heavy atom. The summed E-state index contributed by atoms with van der Waals surface area (Å²) in [5, 5.41) is 14.9. The molecule has 0 spiro atoms. The molecule has 2 atom stereocenters. The van der Waals surface area contributed by atoms with Gasteiger partial charge in [0.05, 0.1) is 25.5 Å². The van der Waals surface area contributed by atoms with E-state index in [9.17, 15) is 9.18 Å². The van der Waals surface area contributed by atoms with Crippen LogP contribution in [0.4, 0.5) is 21.7 Å². The normalized spacial score (nSPS) is 19.8. The number of amides is 1. The number of halogens is 1. The van der Waals surface area contributed by atoms with Crippen molar-refractivity contribution in [1.82, 2.24) is 20.2 Å². The molecule has 0 bridgehead atoms. The van der Waals surface area contributed by atoms with Crippen molar-refractivity contribution in [3.05, 3.63) is 30.5 Å². The Morgan fingerprint density at radius 2 is 2.09 bits per heavy atom. The molecule has 0 unspecified atom stereocenters. The number of rotatable bonds is 6. The van der Waals surface area contributed by atoms with Crippen molar-refractivity contribution in [1.29, 1.82) is 0 Å². The second-order valence-corrected chi connectivity index (χ2v) is 8.78. The molecule has 0 radical (unpaired) electrons. The molecule has 1 amide bonds. The van der Waals surface area contributed by atoms with E-state index in [0.29, 0.717) is 53.4 Å². The van der Waals surface area contributed by atoms with Crippen LogP contribution in [-0.2, 0) is 9.53 Å². The third-order valence-corrected chi connectivity index (χ3v) is 6.55. The molecule has 2 fully saturated rings. The van der Waals surface area contributed by atoms with Gasteiger partial charge in [0.2, 0.25) is 11.8 Å². The molecule has 3 aromatic heterocycles. The van der Waals surface area contributed by atoms with Crippen LogP contribution in [0.1, 0.15) is 6.42 Å². The Labute approximate surface area is 199 Å². The first kappa shape index (κ1) is 21.7. The van der Waals surface area contributed by atoms with Gasteiger partial charge in [-0.2, -0.15) is 0 Å². The van der Waals surface area contributed by atoms with E-state index in [-0.39, 0.29) is 23.6 Å². The van der Waals surface area contributed by atoms with E-state index in [0.717, 1.165) is 24.3 Å². The average molecular weight is 478 g/mol. The lowest BCUT2D eigenvalue weighted by atomic mass is 10.1. The SMILES string of the molecule is CNc1ncc(-c2nc3cc(N4CCOCC4)ccc3o2)c2cc(NC(=O)[C@@H]3C[C@@H]3CF)nnc12. The molecule has 4 aromatic rings. The van der Waals surface area contributed by atoms with E-state index in [1.807, 2.05) is 18.2 Å². The number of benzene rings is 1. The second-order valence-electron chi connectivity index (χ2n) is 8.78. The molecule has 1 saturated carbocycles. The number of ether oxygens (including phenoxy) is 1. The Bertz CT molecular complexity index is 1420. The number of alkyl halides is 1. The average Bonchev–Trinajstić information content (AvgIpc) is 3.58. The minimum Gasteiger partial charge on any atom is -0.436 e. The zero-order valence-electron chi connectivity index (χ0n) is 19.1. The maximum absolute atomic E-state index is 12.8. The van der Waals surface area contributed by atoms with Crippen LogP contribution < -0.4 is 15.5 Å². The first-order valence-corrected chi connectivity index (χ1v) is 11.6. The van der Waals surface area contributed by atoms with Crippen molar-refractivity contribution in [3.8, 4) is 11.5 Å². The highest BCUT2D eigenvalue weighted by Gasteiger charge is 2.43. The number of morpholine rings is 1. The summed E-state index contributed by atoms with van der Waals surface area (Å²) >= 11 is 0. The van der Waals surface area contributed by atoms with Crippen LogP contribution in [-0.4, -0.2) is 66.1 Å². The maximum atomic E-state index is 12.8. The number of oxazole rings is 1. The first-order valence-electron chi connectivity index (χ1n) is 11.6. The molecular formula is C24H24FN7O3. The lowest BCUT2D eigenvalue weighted by molar-refractivity contribution is -0.117. The number of carbonyl (C=O) groups excluding carboxylic acids is 1. The van der Waals surface area contributed by atoms with Gasteiger partial charge in [0.1, 0.15) is 11.0 Å². The van der Waals surface area contributed by atoms with Gasteiger partial charge in [0.15, 0.2) is 17.2 Å². The van der Waals surface area contributed by atoms with Crippen molar-refractivity contribution >= 4 is 45.2 Å². The fourth-order valence-corrected chi connectivity index (χ4v) is 4.45. The summed E-state index contributed by atoms with van der Waals surface area (Å²) in [6.07, 6.45) is 2.22. The molecule has 2 N–H and O–H groups in total. The number of hydrogen-bond acceptors (Lipinski definition) is 9. The van der Waals surface area contributed by atoms with Gasteiger partial charge < -0.3 is 24.7 Å². The third-order valence-electron chi connectivity index (χ3n) is 6.55. The highest BCUT2D eigenvalue weighted by molar-refractivity contribution is 6.01. The molecule has 6 rings (SSSR count). The fourth-order valence-electron chi connectivity index (χ4n) is 4.45. The van der Waals surface area contributed by atoms with Crippen molar-refractivity contribution in [2.45, 2.75) is 6.42 Å². The quantitative estimate of drug-likeness (QED) is 0.431. The zero-order valence-corrected chi connectivity index (χ0v) is 19.1. The number of pyridine rings is 1. The number of fused-ring (bicyclic) bond motifs is 2. The van der Waals surface area contributed by atoms with Crippen LogP contribution in [0.3, 0.4) is 0 Å². The van der Waals surface area contributed by atoms with Crippen LogP contribution in [0.5, 0.6) is 0 Å². The summed E-state index contributed by atoms with van der Waals surface area (Å²) in [6, 6.07) is 7.66. The second kappa shape index (κ2) is 8.73. The highest BCUT2D eigenvalue weighted by Crippen LogP contribution is 2.40. The minimum atomic E-state index is -0.492. The lowest BCUT2D eigenvalue weighted by Gasteiger charge is -2.28. The van der Waals surface area contributed by atoms with Gasteiger partial charge in [-0.05, 0) is 36.6 Å². The Morgan fingerprint density at radius 3 is 2.86 bits per heavy atom.